The van der Waals surface area contributed by atoms with Crippen molar-refractivity contribution in [2.45, 2.75) is 19.4 Å². The van der Waals surface area contributed by atoms with Gasteiger partial charge in [-0.1, -0.05) is 23.2 Å². The molecular weight excluding hydrogens is 233 g/mol. The van der Waals surface area contributed by atoms with Crippen molar-refractivity contribution in [3.63, 3.8) is 0 Å². The number of benzene rings is 1. The van der Waals surface area contributed by atoms with E-state index in [0.29, 0.717) is 22.5 Å². The number of nitrogens with zero attached hydrogens (tertiary/aromatic N) is 1. The van der Waals surface area contributed by atoms with Gasteiger partial charge in [0, 0.05) is 15.6 Å². The summed E-state index contributed by atoms with van der Waals surface area (Å²) in [6.45, 7) is 4.63. The first-order chi connectivity index (χ1) is 6.96. The lowest BCUT2D eigenvalue weighted by atomic mass is 10.1. The molecule has 0 unspecified atom stereocenters. The zero-order valence-electron chi connectivity index (χ0n) is 8.55. The Morgan fingerprint density at radius 1 is 1.20 bits per heavy atom. The molecule has 0 fully saturated rings. The SMILES string of the molecule is CC1(C)COC(c2cc(Cl)cc(Cl)c2)=N1. The van der Waals surface area contributed by atoms with Gasteiger partial charge in [-0.25, -0.2) is 4.99 Å². The predicted molar refractivity (Wildman–Crippen MR) is 63.0 cm³/mol. The van der Waals surface area contributed by atoms with Gasteiger partial charge < -0.3 is 4.74 Å². The molecule has 1 aromatic carbocycles. The van der Waals surface area contributed by atoms with E-state index in [1.54, 1.807) is 18.2 Å². The molecule has 1 aromatic rings. The van der Waals surface area contributed by atoms with Crippen LogP contribution in [0.25, 0.3) is 0 Å². The molecule has 2 nitrogen and oxygen atoms in total. The van der Waals surface area contributed by atoms with Crippen LogP contribution in [0.1, 0.15) is 19.4 Å². The van der Waals surface area contributed by atoms with Crippen molar-refractivity contribution in [3.05, 3.63) is 33.8 Å². The van der Waals surface area contributed by atoms with Gasteiger partial charge in [0.2, 0.25) is 5.90 Å². The number of aliphatic imine (C=N–C) groups is 1. The largest absolute Gasteiger partial charge is 0.475 e. The molecule has 0 spiro atoms. The van der Waals surface area contributed by atoms with Crippen LogP contribution in [0.3, 0.4) is 0 Å². The van der Waals surface area contributed by atoms with Gasteiger partial charge in [-0.15, -0.1) is 0 Å². The van der Waals surface area contributed by atoms with Gasteiger partial charge in [-0.05, 0) is 32.0 Å². The normalized spacial score (nSPS) is 18.5. The van der Waals surface area contributed by atoms with Crippen LogP contribution >= 0.6 is 23.2 Å². The van der Waals surface area contributed by atoms with Crippen LogP contribution < -0.4 is 0 Å². The van der Waals surface area contributed by atoms with Crippen molar-refractivity contribution in [1.29, 1.82) is 0 Å². The minimum absolute atomic E-state index is 0.163. The van der Waals surface area contributed by atoms with Crippen molar-refractivity contribution in [3.8, 4) is 0 Å². The quantitative estimate of drug-likeness (QED) is 0.740. The summed E-state index contributed by atoms with van der Waals surface area (Å²) < 4.78 is 5.50. The highest BCUT2D eigenvalue weighted by molar-refractivity contribution is 6.35. The maximum Gasteiger partial charge on any atom is 0.216 e. The van der Waals surface area contributed by atoms with Crippen LogP contribution in [0, 0.1) is 0 Å². The first kappa shape index (κ1) is 10.8. The van der Waals surface area contributed by atoms with Gasteiger partial charge in [0.25, 0.3) is 0 Å². The maximum atomic E-state index is 5.90. The molecule has 0 aromatic heterocycles. The smallest absolute Gasteiger partial charge is 0.216 e. The summed E-state index contributed by atoms with van der Waals surface area (Å²) in [5.74, 6) is 0.615. The molecule has 0 atom stereocenters. The van der Waals surface area contributed by atoms with Crippen LogP contribution in [-0.2, 0) is 4.74 Å². The van der Waals surface area contributed by atoms with Crippen molar-refractivity contribution < 1.29 is 4.74 Å². The van der Waals surface area contributed by atoms with Crippen LogP contribution in [0.15, 0.2) is 23.2 Å². The molecule has 0 saturated heterocycles. The average Bonchev–Trinajstić information content (AvgIpc) is 2.44. The Morgan fingerprint density at radius 3 is 2.27 bits per heavy atom. The molecular formula is C11H11Cl2NO. The van der Waals surface area contributed by atoms with Crippen LogP contribution in [-0.4, -0.2) is 18.0 Å². The highest BCUT2D eigenvalue weighted by atomic mass is 35.5. The average molecular weight is 244 g/mol. The van der Waals surface area contributed by atoms with Gasteiger partial charge in [-0.2, -0.15) is 0 Å². The van der Waals surface area contributed by atoms with E-state index in [1.807, 2.05) is 13.8 Å². The zero-order chi connectivity index (χ0) is 11.1. The summed E-state index contributed by atoms with van der Waals surface area (Å²) in [5, 5.41) is 1.18. The Balaban J connectivity index is 2.39. The molecule has 0 bridgehead atoms. The Hall–Kier alpha value is -0.730. The minimum Gasteiger partial charge on any atom is -0.475 e. The fourth-order valence-corrected chi connectivity index (χ4v) is 1.94. The van der Waals surface area contributed by atoms with Gasteiger partial charge in [-0.3, -0.25) is 0 Å². The summed E-state index contributed by atoms with van der Waals surface area (Å²) in [7, 11) is 0. The van der Waals surface area contributed by atoms with Crippen LogP contribution in [0.4, 0.5) is 0 Å². The summed E-state index contributed by atoms with van der Waals surface area (Å²) in [4.78, 5) is 4.45. The van der Waals surface area contributed by atoms with Crippen molar-refractivity contribution in [2.75, 3.05) is 6.61 Å². The Labute approximate surface area is 98.9 Å². The first-order valence-electron chi connectivity index (χ1n) is 4.65. The van der Waals surface area contributed by atoms with Gasteiger partial charge in [0.15, 0.2) is 0 Å². The Bertz CT molecular complexity index is 406. The van der Waals surface area contributed by atoms with Gasteiger partial charge in [0.1, 0.15) is 6.61 Å². The summed E-state index contributed by atoms with van der Waals surface area (Å²) in [5.41, 5.74) is 0.669. The van der Waals surface area contributed by atoms with E-state index >= 15 is 0 Å². The molecule has 1 aliphatic heterocycles. The van der Waals surface area contributed by atoms with E-state index in [-0.39, 0.29) is 5.54 Å². The first-order valence-corrected chi connectivity index (χ1v) is 5.41. The van der Waals surface area contributed by atoms with Gasteiger partial charge in [0.05, 0.1) is 5.54 Å². The predicted octanol–water partition coefficient (Wildman–Crippen LogP) is 3.55. The van der Waals surface area contributed by atoms with Crippen molar-refractivity contribution >= 4 is 29.1 Å². The summed E-state index contributed by atoms with van der Waals surface area (Å²) >= 11 is 11.8. The number of hydrogen-bond acceptors (Lipinski definition) is 2. The molecule has 1 heterocycles. The molecule has 80 valence electrons. The van der Waals surface area contributed by atoms with E-state index in [4.69, 9.17) is 27.9 Å². The Kier molecular flexibility index (Phi) is 2.65. The highest BCUT2D eigenvalue weighted by Gasteiger charge is 2.27. The third-order valence-electron chi connectivity index (χ3n) is 2.08. The third kappa shape index (κ3) is 2.44. The van der Waals surface area contributed by atoms with E-state index in [9.17, 15) is 0 Å². The second-order valence-corrected chi connectivity index (χ2v) is 5.05. The second kappa shape index (κ2) is 3.69. The number of halogens is 2. The second-order valence-electron chi connectivity index (χ2n) is 4.18. The molecule has 4 heteroatoms. The molecule has 0 N–H and O–H groups in total. The molecule has 0 aliphatic carbocycles. The molecule has 0 amide bonds. The van der Waals surface area contributed by atoms with Crippen LogP contribution in [0.2, 0.25) is 10.0 Å². The lowest BCUT2D eigenvalue weighted by molar-refractivity contribution is 0.279. The number of hydrogen-bond donors (Lipinski definition) is 0. The summed E-state index contributed by atoms with van der Waals surface area (Å²) in [6.07, 6.45) is 0. The summed E-state index contributed by atoms with van der Waals surface area (Å²) in [6, 6.07) is 5.29. The van der Waals surface area contributed by atoms with E-state index in [1.165, 1.54) is 0 Å². The highest BCUT2D eigenvalue weighted by Crippen LogP contribution is 2.24. The maximum absolute atomic E-state index is 5.90. The third-order valence-corrected chi connectivity index (χ3v) is 2.51. The van der Waals surface area contributed by atoms with E-state index < -0.39 is 0 Å². The standard InChI is InChI=1S/C11H11Cl2NO/c1-11(2)6-15-10(14-11)7-3-8(12)5-9(13)4-7/h3-5H,6H2,1-2H3. The molecule has 1 aliphatic rings. The fourth-order valence-electron chi connectivity index (χ4n) is 1.41. The van der Waals surface area contributed by atoms with Crippen LogP contribution in [0.5, 0.6) is 0 Å². The topological polar surface area (TPSA) is 21.6 Å². The van der Waals surface area contributed by atoms with Crippen molar-refractivity contribution in [2.24, 2.45) is 4.99 Å². The number of rotatable bonds is 1. The lowest BCUT2D eigenvalue weighted by Crippen LogP contribution is -2.17. The number of ether oxygens (including phenoxy) is 1. The Morgan fingerprint density at radius 2 is 1.80 bits per heavy atom. The van der Waals surface area contributed by atoms with Gasteiger partial charge >= 0.3 is 0 Å². The van der Waals surface area contributed by atoms with Crippen molar-refractivity contribution in [1.82, 2.24) is 0 Å². The molecule has 0 radical (unpaired) electrons. The van der Waals surface area contributed by atoms with E-state index in [0.717, 1.165) is 5.56 Å². The monoisotopic (exact) mass is 243 g/mol. The zero-order valence-corrected chi connectivity index (χ0v) is 10.1. The molecule has 0 saturated carbocycles. The minimum atomic E-state index is -0.163. The fraction of sp³-hybridized carbons (Fsp3) is 0.364. The molecule has 2 rings (SSSR count). The molecule has 15 heavy (non-hydrogen) atoms. The lowest BCUT2D eigenvalue weighted by Gasteiger charge is -2.07. The van der Waals surface area contributed by atoms with E-state index in [2.05, 4.69) is 4.99 Å².